The molecule has 1 rings (SSSR count). The van der Waals surface area contributed by atoms with Crippen molar-refractivity contribution in [2.75, 3.05) is 18.0 Å². The van der Waals surface area contributed by atoms with Gasteiger partial charge in [0, 0.05) is 18.3 Å². The zero-order valence-corrected chi connectivity index (χ0v) is 11.4. The normalized spacial score (nSPS) is 12.5. The van der Waals surface area contributed by atoms with E-state index in [4.69, 9.17) is 5.73 Å². The van der Waals surface area contributed by atoms with Gasteiger partial charge < -0.3 is 10.6 Å². The fourth-order valence-electron chi connectivity index (χ4n) is 2.18. The molecule has 0 spiro atoms. The van der Waals surface area contributed by atoms with Gasteiger partial charge in [-0.1, -0.05) is 31.0 Å². The molecule has 0 fully saturated rings. The molecule has 2 N–H and O–H groups in total. The largest absolute Gasteiger partial charge is 0.369 e. The number of benzene rings is 1. The first-order valence-electron chi connectivity index (χ1n) is 6.72. The van der Waals surface area contributed by atoms with Gasteiger partial charge in [0.15, 0.2) is 0 Å². The summed E-state index contributed by atoms with van der Waals surface area (Å²) in [5, 5.41) is 0. The summed E-state index contributed by atoms with van der Waals surface area (Å²) >= 11 is 0. The molecule has 0 saturated heterocycles. The number of hydrogen-bond donors (Lipinski definition) is 1. The Bertz CT molecular complexity index is 305. The van der Waals surface area contributed by atoms with E-state index in [0.29, 0.717) is 6.04 Å². The molecule has 0 aliphatic rings. The Morgan fingerprint density at radius 2 is 1.88 bits per heavy atom. The van der Waals surface area contributed by atoms with E-state index in [1.54, 1.807) is 0 Å². The number of anilines is 1. The molecule has 96 valence electrons. The lowest BCUT2D eigenvalue weighted by Crippen LogP contribution is -2.34. The van der Waals surface area contributed by atoms with Gasteiger partial charge in [-0.3, -0.25) is 0 Å². The van der Waals surface area contributed by atoms with Crippen molar-refractivity contribution >= 4 is 5.69 Å². The average Bonchev–Trinajstić information content (AvgIpc) is 2.32. The first kappa shape index (κ1) is 14.0. The Labute approximate surface area is 106 Å². The van der Waals surface area contributed by atoms with Gasteiger partial charge in [0.05, 0.1) is 0 Å². The molecule has 0 amide bonds. The summed E-state index contributed by atoms with van der Waals surface area (Å²) < 4.78 is 0. The molecule has 0 bridgehead atoms. The van der Waals surface area contributed by atoms with Crippen molar-refractivity contribution in [1.29, 1.82) is 0 Å². The minimum absolute atomic E-state index is 0.592. The highest BCUT2D eigenvalue weighted by Crippen LogP contribution is 2.20. The van der Waals surface area contributed by atoms with Crippen molar-refractivity contribution in [3.8, 4) is 0 Å². The number of hydrogen-bond acceptors (Lipinski definition) is 2. The monoisotopic (exact) mass is 234 g/mol. The van der Waals surface area contributed by atoms with E-state index in [2.05, 4.69) is 49.9 Å². The van der Waals surface area contributed by atoms with Crippen LogP contribution >= 0.6 is 0 Å². The van der Waals surface area contributed by atoms with Gasteiger partial charge in [-0.2, -0.15) is 0 Å². The molecule has 1 unspecified atom stereocenters. The van der Waals surface area contributed by atoms with Crippen molar-refractivity contribution < 1.29 is 0 Å². The minimum atomic E-state index is 0.592. The summed E-state index contributed by atoms with van der Waals surface area (Å²) in [6.45, 7) is 8.50. The van der Waals surface area contributed by atoms with Crippen LogP contribution in [-0.2, 0) is 0 Å². The van der Waals surface area contributed by atoms with Crippen LogP contribution in [0.3, 0.4) is 0 Å². The van der Waals surface area contributed by atoms with Gasteiger partial charge in [-0.15, -0.1) is 0 Å². The Morgan fingerprint density at radius 3 is 2.41 bits per heavy atom. The molecular formula is C15H26N2. The molecule has 0 saturated carbocycles. The van der Waals surface area contributed by atoms with E-state index in [1.165, 1.54) is 24.1 Å². The van der Waals surface area contributed by atoms with Crippen LogP contribution in [0.15, 0.2) is 24.3 Å². The van der Waals surface area contributed by atoms with Crippen LogP contribution in [0.2, 0.25) is 0 Å². The van der Waals surface area contributed by atoms with Crippen LogP contribution < -0.4 is 10.6 Å². The zero-order valence-electron chi connectivity index (χ0n) is 11.4. The van der Waals surface area contributed by atoms with Gasteiger partial charge in [0.2, 0.25) is 0 Å². The molecule has 1 aromatic rings. The molecular weight excluding hydrogens is 208 g/mol. The van der Waals surface area contributed by atoms with Crippen LogP contribution in [-0.4, -0.2) is 19.1 Å². The summed E-state index contributed by atoms with van der Waals surface area (Å²) in [6, 6.07) is 9.40. The lowest BCUT2D eigenvalue weighted by Gasteiger charge is -2.31. The first-order chi connectivity index (χ1) is 8.19. The van der Waals surface area contributed by atoms with Crippen molar-refractivity contribution in [1.82, 2.24) is 0 Å². The molecule has 1 atom stereocenters. The van der Waals surface area contributed by atoms with E-state index < -0.39 is 0 Å². The molecule has 2 nitrogen and oxygen atoms in total. The third-order valence-corrected chi connectivity index (χ3v) is 3.21. The SMILES string of the molecule is CCCC(C)N(CCCN)c1ccc(C)cc1. The smallest absolute Gasteiger partial charge is 0.0368 e. The number of rotatable bonds is 7. The Kier molecular flexibility index (Phi) is 6.06. The molecule has 2 heteroatoms. The topological polar surface area (TPSA) is 29.3 Å². The molecule has 0 aromatic heterocycles. The van der Waals surface area contributed by atoms with Crippen LogP contribution in [0.25, 0.3) is 0 Å². The highest BCUT2D eigenvalue weighted by Gasteiger charge is 2.12. The summed E-state index contributed by atoms with van der Waals surface area (Å²) in [5.41, 5.74) is 8.27. The highest BCUT2D eigenvalue weighted by molar-refractivity contribution is 5.48. The summed E-state index contributed by atoms with van der Waals surface area (Å²) in [4.78, 5) is 2.48. The Morgan fingerprint density at radius 1 is 1.24 bits per heavy atom. The average molecular weight is 234 g/mol. The van der Waals surface area contributed by atoms with Crippen molar-refractivity contribution in [2.45, 2.75) is 46.1 Å². The summed E-state index contributed by atoms with van der Waals surface area (Å²) in [6.07, 6.45) is 3.52. The molecule has 0 radical (unpaired) electrons. The fourth-order valence-corrected chi connectivity index (χ4v) is 2.18. The predicted molar refractivity (Wildman–Crippen MR) is 76.6 cm³/mol. The van der Waals surface area contributed by atoms with Crippen LogP contribution in [0.4, 0.5) is 5.69 Å². The first-order valence-corrected chi connectivity index (χ1v) is 6.72. The third-order valence-electron chi connectivity index (χ3n) is 3.21. The van der Waals surface area contributed by atoms with Gasteiger partial charge in [-0.05, 0) is 45.4 Å². The van der Waals surface area contributed by atoms with Gasteiger partial charge in [0.25, 0.3) is 0 Å². The molecule has 0 aliphatic heterocycles. The second-order valence-electron chi connectivity index (χ2n) is 4.81. The Balaban J connectivity index is 2.77. The second-order valence-corrected chi connectivity index (χ2v) is 4.81. The second kappa shape index (κ2) is 7.33. The van der Waals surface area contributed by atoms with Gasteiger partial charge >= 0.3 is 0 Å². The predicted octanol–water partition coefficient (Wildman–Crippen LogP) is 3.34. The van der Waals surface area contributed by atoms with Crippen LogP contribution in [0.1, 0.15) is 38.7 Å². The number of aryl methyl sites for hydroxylation is 1. The molecule has 1 aromatic carbocycles. The van der Waals surface area contributed by atoms with Crippen molar-refractivity contribution in [2.24, 2.45) is 5.73 Å². The Hall–Kier alpha value is -1.02. The summed E-state index contributed by atoms with van der Waals surface area (Å²) in [5.74, 6) is 0. The fraction of sp³-hybridized carbons (Fsp3) is 0.600. The van der Waals surface area contributed by atoms with Crippen LogP contribution in [0.5, 0.6) is 0 Å². The van der Waals surface area contributed by atoms with E-state index >= 15 is 0 Å². The van der Waals surface area contributed by atoms with Gasteiger partial charge in [-0.25, -0.2) is 0 Å². The zero-order chi connectivity index (χ0) is 12.7. The van der Waals surface area contributed by atoms with Gasteiger partial charge in [0.1, 0.15) is 0 Å². The van der Waals surface area contributed by atoms with Crippen LogP contribution in [0, 0.1) is 6.92 Å². The molecule has 0 heterocycles. The van der Waals surface area contributed by atoms with Crippen molar-refractivity contribution in [3.05, 3.63) is 29.8 Å². The van der Waals surface area contributed by atoms with E-state index in [-0.39, 0.29) is 0 Å². The maximum Gasteiger partial charge on any atom is 0.0368 e. The number of nitrogens with zero attached hydrogens (tertiary/aromatic N) is 1. The molecule has 0 aliphatic carbocycles. The lowest BCUT2D eigenvalue weighted by atomic mass is 10.1. The van der Waals surface area contributed by atoms with Crippen molar-refractivity contribution in [3.63, 3.8) is 0 Å². The lowest BCUT2D eigenvalue weighted by molar-refractivity contribution is 0.571. The van der Waals surface area contributed by atoms with E-state index in [0.717, 1.165) is 19.5 Å². The van der Waals surface area contributed by atoms with E-state index in [1.807, 2.05) is 0 Å². The van der Waals surface area contributed by atoms with E-state index in [9.17, 15) is 0 Å². The maximum atomic E-state index is 5.63. The third kappa shape index (κ3) is 4.39. The minimum Gasteiger partial charge on any atom is -0.369 e. The summed E-state index contributed by atoms with van der Waals surface area (Å²) in [7, 11) is 0. The molecule has 17 heavy (non-hydrogen) atoms. The quantitative estimate of drug-likeness (QED) is 0.784. The maximum absolute atomic E-state index is 5.63. The highest BCUT2D eigenvalue weighted by atomic mass is 15.2. The number of nitrogens with two attached hydrogens (primary N) is 1. The standard InChI is InChI=1S/C15H26N2/c1-4-6-14(3)17(12-5-11-16)15-9-7-13(2)8-10-15/h7-10,14H,4-6,11-12,16H2,1-3H3.